The number of nitrogens with two attached hydrogens (primary N) is 1. The van der Waals surface area contributed by atoms with E-state index in [2.05, 4.69) is 5.32 Å². The fourth-order valence-electron chi connectivity index (χ4n) is 2.11. The fraction of sp³-hybridized carbons (Fsp3) is 0.429. The van der Waals surface area contributed by atoms with E-state index in [-0.39, 0.29) is 12.5 Å². The van der Waals surface area contributed by atoms with Gasteiger partial charge in [0, 0.05) is 12.8 Å². The first-order valence-corrected chi connectivity index (χ1v) is 6.39. The van der Waals surface area contributed by atoms with Crippen LogP contribution in [0.3, 0.4) is 0 Å². The topological polar surface area (TPSA) is 102 Å². The monoisotopic (exact) mass is 278 g/mol. The van der Waals surface area contributed by atoms with Crippen LogP contribution in [0.1, 0.15) is 18.4 Å². The van der Waals surface area contributed by atoms with E-state index >= 15 is 0 Å². The molecule has 108 valence electrons. The van der Waals surface area contributed by atoms with E-state index in [1.54, 1.807) is 24.3 Å². The van der Waals surface area contributed by atoms with Crippen molar-refractivity contribution in [1.29, 1.82) is 0 Å². The third-order valence-electron chi connectivity index (χ3n) is 3.55. The highest BCUT2D eigenvalue weighted by Gasteiger charge is 2.51. The Balaban J connectivity index is 2.02. The first-order chi connectivity index (χ1) is 9.49. The molecule has 0 saturated heterocycles. The van der Waals surface area contributed by atoms with Crippen LogP contribution < -0.4 is 11.1 Å². The highest BCUT2D eigenvalue weighted by Crippen LogP contribution is 2.48. The molecule has 0 spiro atoms. The van der Waals surface area contributed by atoms with Crippen molar-refractivity contribution in [3.05, 3.63) is 29.8 Å². The zero-order valence-corrected chi connectivity index (χ0v) is 11.3. The van der Waals surface area contributed by atoms with Crippen LogP contribution in [0.15, 0.2) is 24.3 Å². The molecule has 0 radical (unpaired) electrons. The van der Waals surface area contributed by atoms with Gasteiger partial charge in [-0.2, -0.15) is 0 Å². The van der Waals surface area contributed by atoms with Crippen molar-refractivity contribution in [3.8, 4) is 0 Å². The summed E-state index contributed by atoms with van der Waals surface area (Å²) in [6.07, 6.45) is 1.32. The number of anilines is 1. The maximum Gasteiger partial charge on any atom is 0.314 e. The second kappa shape index (κ2) is 5.60. The number of amides is 1. The Morgan fingerprint density at radius 3 is 2.45 bits per heavy atom. The zero-order chi connectivity index (χ0) is 14.8. The molecule has 6 heteroatoms. The first-order valence-electron chi connectivity index (χ1n) is 6.39. The predicted molar refractivity (Wildman–Crippen MR) is 73.5 cm³/mol. The molecule has 4 N–H and O–H groups in total. The van der Waals surface area contributed by atoms with Crippen molar-refractivity contribution in [1.82, 2.24) is 0 Å². The number of hydrogen-bond acceptors (Lipinski definition) is 4. The van der Waals surface area contributed by atoms with Crippen LogP contribution in [0.5, 0.6) is 0 Å². The number of rotatable bonds is 6. The van der Waals surface area contributed by atoms with Crippen molar-refractivity contribution < 1.29 is 19.4 Å². The Bertz CT molecular complexity index is 508. The largest absolute Gasteiger partial charge is 0.481 e. The quantitative estimate of drug-likeness (QED) is 0.711. The van der Waals surface area contributed by atoms with Crippen molar-refractivity contribution >= 4 is 17.6 Å². The predicted octanol–water partition coefficient (Wildman–Crippen LogP) is 0.715. The van der Waals surface area contributed by atoms with Crippen LogP contribution in [-0.2, 0) is 19.7 Å². The van der Waals surface area contributed by atoms with Crippen molar-refractivity contribution in [2.24, 2.45) is 5.73 Å². The lowest BCUT2D eigenvalue weighted by atomic mass is 9.96. The molecule has 0 bridgehead atoms. The van der Waals surface area contributed by atoms with E-state index < -0.39 is 17.4 Å². The van der Waals surface area contributed by atoms with Gasteiger partial charge in [-0.3, -0.25) is 9.59 Å². The number of carboxylic acids is 1. The summed E-state index contributed by atoms with van der Waals surface area (Å²) < 4.78 is 4.81. The number of benzene rings is 1. The van der Waals surface area contributed by atoms with E-state index in [1.165, 1.54) is 7.11 Å². The van der Waals surface area contributed by atoms with Crippen LogP contribution in [0.25, 0.3) is 0 Å². The Hall–Kier alpha value is -1.92. The lowest BCUT2D eigenvalue weighted by Crippen LogP contribution is -2.39. The second-order valence-electron chi connectivity index (χ2n) is 5.02. The molecular weight excluding hydrogens is 260 g/mol. The summed E-state index contributed by atoms with van der Waals surface area (Å²) in [7, 11) is 1.48. The normalized spacial score (nSPS) is 17.3. The molecule has 1 aromatic carbocycles. The summed E-state index contributed by atoms with van der Waals surface area (Å²) in [5, 5.41) is 11.9. The maximum absolute atomic E-state index is 11.7. The minimum absolute atomic E-state index is 0.145. The molecule has 2 rings (SSSR count). The average molecular weight is 278 g/mol. The summed E-state index contributed by atoms with van der Waals surface area (Å²) in [6.45, 7) is 0.145. The third-order valence-corrected chi connectivity index (χ3v) is 3.55. The summed E-state index contributed by atoms with van der Waals surface area (Å²) in [5.74, 6) is -1.13. The van der Waals surface area contributed by atoms with Crippen molar-refractivity contribution in [2.45, 2.75) is 24.3 Å². The molecule has 0 aromatic heterocycles. The molecule has 0 heterocycles. The fourth-order valence-corrected chi connectivity index (χ4v) is 2.11. The molecule has 6 nitrogen and oxygen atoms in total. The molecule has 0 aliphatic heterocycles. The van der Waals surface area contributed by atoms with Gasteiger partial charge >= 0.3 is 5.97 Å². The van der Waals surface area contributed by atoms with Gasteiger partial charge in [0.25, 0.3) is 0 Å². The Morgan fingerprint density at radius 1 is 1.40 bits per heavy atom. The smallest absolute Gasteiger partial charge is 0.314 e. The van der Waals surface area contributed by atoms with Crippen LogP contribution in [0.2, 0.25) is 0 Å². The van der Waals surface area contributed by atoms with E-state index in [1.807, 2.05) is 0 Å². The Morgan fingerprint density at radius 2 is 2.00 bits per heavy atom. The molecule has 1 aromatic rings. The van der Waals surface area contributed by atoms with E-state index in [9.17, 15) is 14.7 Å². The SMILES string of the molecule is COCC(N)C(=O)Nc1ccc(C2(C(=O)O)CC2)cc1. The van der Waals surface area contributed by atoms with Gasteiger partial charge in [-0.1, -0.05) is 12.1 Å². The minimum Gasteiger partial charge on any atom is -0.481 e. The van der Waals surface area contributed by atoms with Gasteiger partial charge in [-0.15, -0.1) is 0 Å². The van der Waals surface area contributed by atoms with E-state index in [0.29, 0.717) is 18.5 Å². The van der Waals surface area contributed by atoms with Crippen LogP contribution in [0, 0.1) is 0 Å². The number of aliphatic carboxylic acids is 1. The van der Waals surface area contributed by atoms with Crippen LogP contribution in [-0.4, -0.2) is 36.7 Å². The van der Waals surface area contributed by atoms with Crippen LogP contribution >= 0.6 is 0 Å². The zero-order valence-electron chi connectivity index (χ0n) is 11.3. The molecule has 1 unspecified atom stereocenters. The lowest BCUT2D eigenvalue weighted by molar-refractivity contribution is -0.140. The van der Waals surface area contributed by atoms with Gasteiger partial charge in [0.1, 0.15) is 6.04 Å². The number of carboxylic acid groups (broad SMARTS) is 1. The minimum atomic E-state index is -0.795. The number of ether oxygens (including phenoxy) is 1. The highest BCUT2D eigenvalue weighted by molar-refractivity contribution is 5.95. The van der Waals surface area contributed by atoms with Gasteiger partial charge in [-0.05, 0) is 30.5 Å². The maximum atomic E-state index is 11.7. The molecule has 1 atom stereocenters. The van der Waals surface area contributed by atoms with Gasteiger partial charge in [0.2, 0.25) is 5.91 Å². The van der Waals surface area contributed by atoms with E-state index in [4.69, 9.17) is 10.5 Å². The lowest BCUT2D eigenvalue weighted by Gasteiger charge is -2.13. The van der Waals surface area contributed by atoms with Gasteiger partial charge < -0.3 is 20.9 Å². The number of methoxy groups -OCH3 is 1. The number of carbonyl (C=O) groups is 2. The number of carbonyl (C=O) groups excluding carboxylic acids is 1. The Labute approximate surface area is 116 Å². The molecule has 1 saturated carbocycles. The third kappa shape index (κ3) is 2.81. The van der Waals surface area contributed by atoms with Crippen LogP contribution in [0.4, 0.5) is 5.69 Å². The molecular formula is C14H18N2O4. The van der Waals surface area contributed by atoms with Crippen molar-refractivity contribution in [3.63, 3.8) is 0 Å². The highest BCUT2D eigenvalue weighted by atomic mass is 16.5. The summed E-state index contributed by atoms with van der Waals surface area (Å²) in [6, 6.07) is 6.12. The number of hydrogen-bond donors (Lipinski definition) is 3. The molecule has 1 aliphatic carbocycles. The van der Waals surface area contributed by atoms with E-state index in [0.717, 1.165) is 5.56 Å². The van der Waals surface area contributed by atoms with Gasteiger partial charge in [-0.25, -0.2) is 0 Å². The van der Waals surface area contributed by atoms with Gasteiger partial charge in [0.15, 0.2) is 0 Å². The molecule has 1 amide bonds. The number of nitrogens with one attached hydrogen (secondary N) is 1. The Kier molecular flexibility index (Phi) is 4.06. The summed E-state index contributed by atoms with van der Waals surface area (Å²) >= 11 is 0. The van der Waals surface area contributed by atoms with Crippen molar-refractivity contribution in [2.75, 3.05) is 19.0 Å². The molecule has 1 aliphatic rings. The summed E-state index contributed by atoms with van der Waals surface area (Å²) in [4.78, 5) is 22.9. The second-order valence-corrected chi connectivity index (χ2v) is 5.02. The summed E-state index contributed by atoms with van der Waals surface area (Å²) in [5.41, 5.74) is 6.24. The molecule has 1 fully saturated rings. The van der Waals surface area contributed by atoms with Gasteiger partial charge in [0.05, 0.1) is 12.0 Å². The molecule has 20 heavy (non-hydrogen) atoms. The first kappa shape index (κ1) is 14.5. The average Bonchev–Trinajstić information content (AvgIpc) is 3.21. The standard InChI is InChI=1S/C14H18N2O4/c1-20-8-11(15)12(17)16-10-4-2-9(3-5-10)14(6-7-14)13(18)19/h2-5,11H,6-8,15H2,1H3,(H,16,17)(H,18,19).